The van der Waals surface area contributed by atoms with Crippen molar-refractivity contribution in [3.63, 3.8) is 0 Å². The fourth-order valence-electron chi connectivity index (χ4n) is 12.2. The van der Waals surface area contributed by atoms with Gasteiger partial charge in [0.15, 0.2) is 6.10 Å². The van der Waals surface area contributed by atoms with Crippen molar-refractivity contribution in [3.05, 3.63) is 151 Å². The standard InChI is InChI=1S/C56H62IN4O19/c1-28-25-60(39-22-34(64)36(26-62)77-39)52(72)61(48(28)68)57-59-51(71)79-37-23-38-55(73,27-75-38)44-46(80-49(69)33-20-14-9-15-21-33)56(74)24-35(29(2)40(53(56,4)5)43(76-30(3)63)45(66)54(37,44)6)78-50(70)42(65)41(31-16-10-7-11-17-31)58-47(67)32-18-12-8-13-19-32/h7-21,25,34-39,41-44,46,62,64-65,73-74H,22-24,26-27H2,1-6H3,(H,58,67)(H,59,71)/q-1/t34?,35-,36+,37-,38?,39+,41-,42+,43+,44-,46-,54?,55-,56+/m0/s1. The first kappa shape index (κ1) is 58.0. The summed E-state index contributed by atoms with van der Waals surface area (Å²) >= 11 is -2.14. The number of aryl methyl sites for hydroxylation is 1. The van der Waals surface area contributed by atoms with Gasteiger partial charge in [0, 0.05) is 5.56 Å². The van der Waals surface area contributed by atoms with E-state index in [-0.39, 0.29) is 34.3 Å². The van der Waals surface area contributed by atoms with E-state index in [2.05, 4.69) is 8.85 Å². The Labute approximate surface area is 468 Å². The predicted molar refractivity (Wildman–Crippen MR) is 272 cm³/mol. The Kier molecular flexibility index (Phi) is 16.2. The van der Waals surface area contributed by atoms with Crippen molar-refractivity contribution in [3.8, 4) is 0 Å². The van der Waals surface area contributed by atoms with Crippen LogP contribution in [0.15, 0.2) is 118 Å². The Balaban J connectivity index is 1.12. The number of Topliss-reactive ketones (excluding diaryl/α,β-unsaturated/α-hetero) is 1. The van der Waals surface area contributed by atoms with Gasteiger partial charge in [-0.1, -0.05) is 54.6 Å². The van der Waals surface area contributed by atoms with Crippen molar-refractivity contribution >= 4 is 35.7 Å². The normalized spacial score (nSPS) is 31.1. The number of ketones is 1. The van der Waals surface area contributed by atoms with Crippen molar-refractivity contribution in [1.29, 1.82) is 0 Å². The van der Waals surface area contributed by atoms with E-state index in [1.807, 2.05) is 0 Å². The van der Waals surface area contributed by atoms with E-state index >= 15 is 4.79 Å². The van der Waals surface area contributed by atoms with Gasteiger partial charge in [-0.25, -0.2) is 4.79 Å². The second kappa shape index (κ2) is 22.4. The van der Waals surface area contributed by atoms with Crippen LogP contribution >= 0.6 is 0 Å². The Morgan fingerprint density at radius 3 is 2.06 bits per heavy atom. The molecule has 9 rings (SSSR count). The van der Waals surface area contributed by atoms with E-state index in [0.717, 1.165) is 14.3 Å². The van der Waals surface area contributed by atoms with Crippen LogP contribution in [0.25, 0.3) is 0 Å². The number of nitrogens with zero attached hydrogens (tertiary/aromatic N) is 2. The Hall–Kier alpha value is -6.65. The van der Waals surface area contributed by atoms with Crippen LogP contribution in [0.4, 0.5) is 4.79 Å². The maximum atomic E-state index is 16.2. The topological polar surface area (TPSA) is 327 Å². The van der Waals surface area contributed by atoms with Crippen molar-refractivity contribution in [1.82, 2.24) is 16.2 Å². The third kappa shape index (κ3) is 10.2. The van der Waals surface area contributed by atoms with Crippen molar-refractivity contribution in [2.75, 3.05) is 13.2 Å². The van der Waals surface area contributed by atoms with Gasteiger partial charge < -0.3 is 10.4 Å². The first-order valence-electron chi connectivity index (χ1n) is 25.8. The van der Waals surface area contributed by atoms with Crippen LogP contribution in [0.5, 0.6) is 0 Å². The summed E-state index contributed by atoms with van der Waals surface area (Å²) in [6.07, 6.45) is -15.1. The molecule has 24 heteroatoms. The number of aliphatic hydroxyl groups is 5. The van der Waals surface area contributed by atoms with E-state index in [0.29, 0.717) is 5.56 Å². The van der Waals surface area contributed by atoms with Crippen LogP contribution in [0.1, 0.15) is 98.0 Å². The summed E-state index contributed by atoms with van der Waals surface area (Å²) < 4.78 is 40.6. The number of aliphatic hydroxyl groups excluding tert-OH is 3. The van der Waals surface area contributed by atoms with Crippen LogP contribution in [-0.4, -0.2) is 142 Å². The molecule has 23 nitrogen and oxygen atoms in total. The molecule has 14 atom stereocenters. The Morgan fingerprint density at radius 1 is 0.850 bits per heavy atom. The molecule has 3 unspecified atom stereocenters. The van der Waals surface area contributed by atoms with Gasteiger partial charge in [0.2, 0.25) is 0 Å². The number of amides is 2. The van der Waals surface area contributed by atoms with Gasteiger partial charge in [-0.3, -0.25) is 4.79 Å². The van der Waals surface area contributed by atoms with Crippen molar-refractivity contribution in [2.45, 2.75) is 133 Å². The number of halogens is 1. The molecule has 428 valence electrons. The number of rotatable bonds is 14. The van der Waals surface area contributed by atoms with Crippen molar-refractivity contribution in [2.24, 2.45) is 16.7 Å². The second-order valence-corrected chi connectivity index (χ2v) is 23.5. The quantitative estimate of drug-likeness (QED) is 0.0252. The summed E-state index contributed by atoms with van der Waals surface area (Å²) in [6.45, 7) is 7.17. The first-order chi connectivity index (χ1) is 37.9. The molecule has 2 saturated heterocycles. The van der Waals surface area contributed by atoms with Gasteiger partial charge in [-0.2, -0.15) is 0 Å². The van der Waals surface area contributed by atoms with E-state index in [1.54, 1.807) is 66.7 Å². The van der Waals surface area contributed by atoms with Crippen LogP contribution < -0.4 is 41.8 Å². The fourth-order valence-corrected chi connectivity index (χ4v) is 13.8. The molecule has 3 heterocycles. The summed E-state index contributed by atoms with van der Waals surface area (Å²) in [6, 6.07) is 22.4. The molecule has 3 aromatic carbocycles. The molecule has 3 aliphatic carbocycles. The third-order valence-corrected chi connectivity index (χ3v) is 18.5. The molecule has 2 saturated carbocycles. The summed E-state index contributed by atoms with van der Waals surface area (Å²) in [5.41, 5.74) is -10.0. The number of nitrogens with one attached hydrogen (secondary N) is 2. The summed E-state index contributed by atoms with van der Waals surface area (Å²) in [7, 11) is 0. The predicted octanol–water partition coefficient (Wildman–Crippen LogP) is -1.36. The fraction of sp³-hybridized carbons (Fsp3) is 0.464. The summed E-state index contributed by atoms with van der Waals surface area (Å²) in [5.74, 6) is -6.79. The van der Waals surface area contributed by atoms with Crippen LogP contribution in [-0.2, 0) is 42.8 Å². The van der Waals surface area contributed by atoms with Gasteiger partial charge in [0.05, 0.1) is 6.04 Å². The Morgan fingerprint density at radius 2 is 1.48 bits per heavy atom. The van der Waals surface area contributed by atoms with Crippen LogP contribution in [0.2, 0.25) is 0 Å². The van der Waals surface area contributed by atoms with E-state index in [4.69, 9.17) is 28.4 Å². The monoisotopic (exact) mass is 1220 g/mol. The number of fused-ring (bicyclic) bond motifs is 5. The van der Waals surface area contributed by atoms with Crippen molar-refractivity contribution < 1.29 is 104 Å². The van der Waals surface area contributed by atoms with Gasteiger partial charge in [-0.15, -0.1) is 0 Å². The average Bonchev–Trinajstić information content (AvgIpc) is 3.84. The number of carbonyl (C=O) groups excluding carboxylic acids is 6. The number of ether oxygens (including phenoxy) is 6. The number of hydrogen-bond donors (Lipinski definition) is 7. The third-order valence-electron chi connectivity index (χ3n) is 16.5. The molecule has 1 aromatic heterocycles. The Bertz CT molecular complexity index is 3230. The number of carbonyl (C=O) groups is 6. The average molecular weight is 1220 g/mol. The molecule has 7 N–H and O–H groups in total. The molecule has 2 bridgehead atoms. The molecule has 0 radical (unpaired) electrons. The first-order valence-corrected chi connectivity index (χ1v) is 27.9. The molecule has 5 aliphatic rings. The SMILES string of the molecule is CC(=O)O[C@H]1C(=O)C2(C)[C@@H](OC(=O)N[I-]n3c(=O)c(C)cn([C@H]4CC(O)[C@@H](CO)O4)c3=O)CC3OC[C@@]3(O)[C@H]2[C@H](OC(=O)c2ccccc2)[C@]2(O)C[C@H](OC(=O)[C@H](O)[C@@H](NC(=O)c3ccccc3)c3ccccc3)C(C)=C1C2(C)C. The van der Waals surface area contributed by atoms with Crippen LogP contribution in [0.3, 0.4) is 0 Å². The molecule has 80 heavy (non-hydrogen) atoms. The molecule has 2 amide bonds. The molecular weight excluding hydrogens is 1160 g/mol. The maximum absolute atomic E-state index is 16.2. The van der Waals surface area contributed by atoms with Gasteiger partial charge in [0.1, 0.15) is 0 Å². The van der Waals surface area contributed by atoms with E-state index in [9.17, 15) is 59.1 Å². The zero-order valence-electron chi connectivity index (χ0n) is 44.3. The second-order valence-electron chi connectivity index (χ2n) is 21.6. The summed E-state index contributed by atoms with van der Waals surface area (Å²) in [4.78, 5) is 114. The molecule has 4 aromatic rings. The minimum absolute atomic E-state index is 0.0187. The zero-order valence-corrected chi connectivity index (χ0v) is 46.5. The summed E-state index contributed by atoms with van der Waals surface area (Å²) in [5, 5.41) is 61.7. The van der Waals surface area contributed by atoms with Gasteiger partial charge in [0.25, 0.3) is 5.91 Å². The number of aromatic nitrogens is 2. The molecular formula is C56H62IN4O19-. The molecule has 4 fully saturated rings. The van der Waals surface area contributed by atoms with E-state index < -0.39 is 184 Å². The van der Waals surface area contributed by atoms with Crippen LogP contribution in [0, 0.1) is 23.7 Å². The molecule has 0 spiro atoms. The zero-order chi connectivity index (χ0) is 57.8. The van der Waals surface area contributed by atoms with E-state index in [1.165, 1.54) is 65.1 Å². The number of hydrogen-bond acceptors (Lipinski definition) is 19. The molecule has 2 aliphatic heterocycles. The van der Waals surface area contributed by atoms with Gasteiger partial charge in [-0.05, 0) is 17.7 Å². The minimum atomic E-state index is -2.55. The van der Waals surface area contributed by atoms with Gasteiger partial charge >= 0.3 is 355 Å². The number of benzene rings is 3. The number of esters is 3.